The van der Waals surface area contributed by atoms with Gasteiger partial charge in [-0.15, -0.1) is 0 Å². The molecule has 0 unspecified atom stereocenters. The number of guanidine groups is 1. The number of hydrogen-bond acceptors (Lipinski definition) is 2. The number of nitrogens with one attached hydrogen (secondary N) is 2. The highest BCUT2D eigenvalue weighted by atomic mass is 16.2. The topological polar surface area (TPSA) is 56.7 Å². The van der Waals surface area contributed by atoms with Gasteiger partial charge in [-0.1, -0.05) is 38.0 Å². The van der Waals surface area contributed by atoms with Crippen LogP contribution in [0.2, 0.25) is 0 Å². The van der Waals surface area contributed by atoms with Gasteiger partial charge < -0.3 is 15.5 Å². The van der Waals surface area contributed by atoms with E-state index in [2.05, 4.69) is 28.6 Å². The first-order valence-electron chi connectivity index (χ1n) is 8.66. The Morgan fingerprint density at radius 2 is 2.04 bits per heavy atom. The maximum Gasteiger partial charge on any atom is 0.248 e. The predicted octanol–water partition coefficient (Wildman–Crippen LogP) is 2.32. The third-order valence-electron chi connectivity index (χ3n) is 3.98. The SMILES string of the molecule is CCCCCNC(=NCC(=O)N1CCc2ccccc21)NCC. The summed E-state index contributed by atoms with van der Waals surface area (Å²) in [5, 5.41) is 6.48. The molecular weight excluding hydrogens is 288 g/mol. The summed E-state index contributed by atoms with van der Waals surface area (Å²) in [4.78, 5) is 18.7. The monoisotopic (exact) mass is 316 g/mol. The van der Waals surface area contributed by atoms with Crippen molar-refractivity contribution >= 4 is 17.6 Å². The Morgan fingerprint density at radius 3 is 2.83 bits per heavy atom. The van der Waals surface area contributed by atoms with Crippen LogP contribution in [0.25, 0.3) is 0 Å². The van der Waals surface area contributed by atoms with Crippen molar-refractivity contribution in [2.24, 2.45) is 4.99 Å². The van der Waals surface area contributed by atoms with Crippen LogP contribution in [0, 0.1) is 0 Å². The second-order valence-electron chi connectivity index (χ2n) is 5.75. The van der Waals surface area contributed by atoms with E-state index in [1.807, 2.05) is 30.0 Å². The van der Waals surface area contributed by atoms with Crippen LogP contribution in [-0.2, 0) is 11.2 Å². The van der Waals surface area contributed by atoms with Gasteiger partial charge in [0.2, 0.25) is 5.91 Å². The fourth-order valence-corrected chi connectivity index (χ4v) is 2.75. The first-order chi connectivity index (χ1) is 11.3. The first-order valence-corrected chi connectivity index (χ1v) is 8.66. The van der Waals surface area contributed by atoms with Gasteiger partial charge in [-0.05, 0) is 31.4 Å². The number of unbranched alkanes of at least 4 members (excludes halogenated alkanes) is 2. The molecule has 1 heterocycles. The number of benzene rings is 1. The Bertz CT molecular complexity index is 542. The molecule has 5 nitrogen and oxygen atoms in total. The zero-order chi connectivity index (χ0) is 16.5. The van der Waals surface area contributed by atoms with Crippen LogP contribution >= 0.6 is 0 Å². The van der Waals surface area contributed by atoms with Gasteiger partial charge in [0.05, 0.1) is 0 Å². The van der Waals surface area contributed by atoms with Gasteiger partial charge >= 0.3 is 0 Å². The number of hydrogen-bond donors (Lipinski definition) is 2. The van der Waals surface area contributed by atoms with Crippen LogP contribution in [0.3, 0.4) is 0 Å². The minimum absolute atomic E-state index is 0.0562. The quantitative estimate of drug-likeness (QED) is 0.461. The molecule has 0 aliphatic carbocycles. The van der Waals surface area contributed by atoms with E-state index in [-0.39, 0.29) is 12.5 Å². The van der Waals surface area contributed by atoms with E-state index in [1.165, 1.54) is 18.4 Å². The maximum atomic E-state index is 12.5. The van der Waals surface area contributed by atoms with Gasteiger partial charge in [0.15, 0.2) is 5.96 Å². The van der Waals surface area contributed by atoms with E-state index in [0.29, 0.717) is 0 Å². The van der Waals surface area contributed by atoms with Crippen molar-refractivity contribution in [3.05, 3.63) is 29.8 Å². The lowest BCUT2D eigenvalue weighted by molar-refractivity contribution is -0.117. The van der Waals surface area contributed by atoms with Crippen molar-refractivity contribution in [2.45, 2.75) is 39.5 Å². The molecule has 0 saturated carbocycles. The number of amides is 1. The normalized spacial score (nSPS) is 13.8. The fraction of sp³-hybridized carbons (Fsp3) is 0.556. The molecular formula is C18H28N4O. The Morgan fingerprint density at radius 1 is 1.22 bits per heavy atom. The zero-order valence-electron chi connectivity index (χ0n) is 14.3. The summed E-state index contributed by atoms with van der Waals surface area (Å²) in [6, 6.07) is 8.10. The van der Waals surface area contributed by atoms with Crippen LogP contribution in [-0.4, -0.2) is 38.0 Å². The number of anilines is 1. The summed E-state index contributed by atoms with van der Waals surface area (Å²) >= 11 is 0. The molecule has 0 bridgehead atoms. The number of para-hydroxylation sites is 1. The Hall–Kier alpha value is -2.04. The molecule has 0 saturated heterocycles. The van der Waals surface area contributed by atoms with Crippen molar-refractivity contribution in [1.82, 2.24) is 10.6 Å². The van der Waals surface area contributed by atoms with Crippen LogP contribution in [0.5, 0.6) is 0 Å². The lowest BCUT2D eigenvalue weighted by Crippen LogP contribution is -2.39. The molecule has 23 heavy (non-hydrogen) atoms. The van der Waals surface area contributed by atoms with Gasteiger partial charge in [0.1, 0.15) is 6.54 Å². The van der Waals surface area contributed by atoms with E-state index < -0.39 is 0 Å². The first kappa shape index (κ1) is 17.3. The van der Waals surface area contributed by atoms with Crippen molar-refractivity contribution in [3.8, 4) is 0 Å². The number of carbonyl (C=O) groups excluding carboxylic acids is 1. The number of aliphatic imine (C=N–C) groups is 1. The summed E-state index contributed by atoms with van der Waals surface area (Å²) in [5.41, 5.74) is 2.28. The molecule has 1 aliphatic rings. The maximum absolute atomic E-state index is 12.5. The van der Waals surface area contributed by atoms with Gasteiger partial charge in [-0.3, -0.25) is 4.79 Å². The molecule has 5 heteroatoms. The van der Waals surface area contributed by atoms with Crippen LogP contribution < -0.4 is 15.5 Å². The largest absolute Gasteiger partial charge is 0.357 e. The highest BCUT2D eigenvalue weighted by Gasteiger charge is 2.23. The average Bonchev–Trinajstić information content (AvgIpc) is 3.00. The third-order valence-corrected chi connectivity index (χ3v) is 3.98. The fourth-order valence-electron chi connectivity index (χ4n) is 2.75. The molecule has 2 rings (SSSR count). The summed E-state index contributed by atoms with van der Waals surface area (Å²) in [6.45, 7) is 6.83. The molecule has 0 radical (unpaired) electrons. The highest BCUT2D eigenvalue weighted by Crippen LogP contribution is 2.27. The van der Waals surface area contributed by atoms with Crippen molar-refractivity contribution in [1.29, 1.82) is 0 Å². The molecule has 1 aliphatic heterocycles. The van der Waals surface area contributed by atoms with E-state index in [1.54, 1.807) is 0 Å². The van der Waals surface area contributed by atoms with Gasteiger partial charge in [-0.2, -0.15) is 0 Å². The van der Waals surface area contributed by atoms with E-state index >= 15 is 0 Å². The van der Waals surface area contributed by atoms with Crippen molar-refractivity contribution < 1.29 is 4.79 Å². The smallest absolute Gasteiger partial charge is 0.248 e. The summed E-state index contributed by atoms with van der Waals surface area (Å²) in [5.74, 6) is 0.783. The van der Waals surface area contributed by atoms with E-state index in [9.17, 15) is 4.79 Å². The molecule has 1 aromatic carbocycles. The zero-order valence-corrected chi connectivity index (χ0v) is 14.3. The lowest BCUT2D eigenvalue weighted by Gasteiger charge is -2.17. The molecule has 1 amide bonds. The Balaban J connectivity index is 1.90. The second kappa shape index (κ2) is 9.18. The van der Waals surface area contributed by atoms with E-state index in [0.717, 1.165) is 44.1 Å². The molecule has 1 aromatic rings. The summed E-state index contributed by atoms with van der Waals surface area (Å²) in [6.07, 6.45) is 4.45. The molecule has 2 N–H and O–H groups in total. The predicted molar refractivity (Wildman–Crippen MR) is 96.0 cm³/mol. The Kier molecular flexibility index (Phi) is 6.91. The van der Waals surface area contributed by atoms with Crippen LogP contribution in [0.4, 0.5) is 5.69 Å². The van der Waals surface area contributed by atoms with Gasteiger partial charge in [-0.25, -0.2) is 4.99 Å². The molecule has 0 aromatic heterocycles. The van der Waals surface area contributed by atoms with Gasteiger partial charge in [0, 0.05) is 25.3 Å². The molecule has 126 valence electrons. The highest BCUT2D eigenvalue weighted by molar-refractivity contribution is 5.98. The van der Waals surface area contributed by atoms with Crippen molar-refractivity contribution in [3.63, 3.8) is 0 Å². The third kappa shape index (κ3) is 4.98. The number of fused-ring (bicyclic) bond motifs is 1. The summed E-state index contributed by atoms with van der Waals surface area (Å²) in [7, 11) is 0. The lowest BCUT2D eigenvalue weighted by atomic mass is 10.2. The van der Waals surface area contributed by atoms with Gasteiger partial charge in [0.25, 0.3) is 0 Å². The Labute approximate surface area is 139 Å². The average molecular weight is 316 g/mol. The van der Waals surface area contributed by atoms with Crippen LogP contribution in [0.15, 0.2) is 29.3 Å². The van der Waals surface area contributed by atoms with Crippen LogP contribution in [0.1, 0.15) is 38.7 Å². The number of carbonyl (C=O) groups is 1. The molecule has 0 spiro atoms. The summed E-state index contributed by atoms with van der Waals surface area (Å²) < 4.78 is 0. The second-order valence-corrected chi connectivity index (χ2v) is 5.75. The standard InChI is InChI=1S/C18H28N4O/c1-3-5-8-12-20-18(19-4-2)21-14-17(23)22-13-11-15-9-6-7-10-16(15)22/h6-7,9-10H,3-5,8,11-14H2,1-2H3,(H2,19,20,21). The number of rotatable bonds is 7. The number of nitrogens with zero attached hydrogens (tertiary/aromatic N) is 2. The van der Waals surface area contributed by atoms with E-state index in [4.69, 9.17) is 0 Å². The molecule has 0 atom stereocenters. The van der Waals surface area contributed by atoms with Crippen molar-refractivity contribution in [2.75, 3.05) is 31.1 Å². The molecule has 0 fully saturated rings. The minimum atomic E-state index is 0.0562. The minimum Gasteiger partial charge on any atom is -0.357 e.